The van der Waals surface area contributed by atoms with E-state index in [0.29, 0.717) is 6.61 Å². The van der Waals surface area contributed by atoms with Gasteiger partial charge in [0.15, 0.2) is 6.29 Å². The highest BCUT2D eigenvalue weighted by Gasteiger charge is 2.44. The van der Waals surface area contributed by atoms with Crippen molar-refractivity contribution in [2.45, 2.75) is 69.7 Å². The molecule has 1 rings (SSSR count). The maximum Gasteiger partial charge on any atom is 0.325 e. The van der Waals surface area contributed by atoms with Crippen LogP contribution in [-0.2, 0) is 14.0 Å². The van der Waals surface area contributed by atoms with E-state index in [9.17, 15) is 19.9 Å². The van der Waals surface area contributed by atoms with E-state index in [0.717, 1.165) is 25.7 Å². The molecule has 5 atom stereocenters. The van der Waals surface area contributed by atoms with E-state index in [2.05, 4.69) is 6.92 Å². The van der Waals surface area contributed by atoms with E-state index < -0.39 is 44.5 Å². The predicted octanol–water partition coefficient (Wildman–Crippen LogP) is -0.0413. The van der Waals surface area contributed by atoms with Gasteiger partial charge in [-0.05, 0) is 12.8 Å². The first kappa shape index (κ1) is 20.0. The van der Waals surface area contributed by atoms with E-state index in [1.54, 1.807) is 0 Å². The lowest BCUT2D eigenvalue weighted by molar-refractivity contribution is -0.297. The summed E-state index contributed by atoms with van der Waals surface area (Å²) in [7, 11) is -4.22. The summed E-state index contributed by atoms with van der Waals surface area (Å²) in [4.78, 5) is 17.7. The molecule has 1 aliphatic heterocycles. The van der Waals surface area contributed by atoms with Gasteiger partial charge in [0, 0.05) is 6.61 Å². The van der Waals surface area contributed by atoms with E-state index >= 15 is 0 Å². The summed E-state index contributed by atoms with van der Waals surface area (Å²) in [6.45, 7) is 2.42. The minimum atomic E-state index is -4.22. The topological polar surface area (TPSA) is 137 Å². The highest BCUT2D eigenvalue weighted by Crippen LogP contribution is 2.37. The van der Waals surface area contributed by atoms with Crippen molar-refractivity contribution >= 4 is 7.60 Å². The SMILES string of the molecule is CCCCCCOC1OC(CCP(=O)(O)O)C(O)C(O)C1O. The molecule has 0 bridgehead atoms. The Hall–Kier alpha value is -0.0500. The summed E-state index contributed by atoms with van der Waals surface area (Å²) >= 11 is 0. The van der Waals surface area contributed by atoms with E-state index in [4.69, 9.17) is 19.3 Å². The maximum absolute atomic E-state index is 10.9. The van der Waals surface area contributed by atoms with Crippen LogP contribution in [0.5, 0.6) is 0 Å². The monoisotopic (exact) mass is 342 g/mol. The fourth-order valence-electron chi connectivity index (χ4n) is 2.32. The van der Waals surface area contributed by atoms with Gasteiger partial charge in [-0.2, -0.15) is 0 Å². The minimum Gasteiger partial charge on any atom is -0.388 e. The van der Waals surface area contributed by atoms with E-state index in [1.807, 2.05) is 0 Å². The van der Waals surface area contributed by atoms with Gasteiger partial charge in [0.25, 0.3) is 0 Å². The predicted molar refractivity (Wildman–Crippen MR) is 78.3 cm³/mol. The van der Waals surface area contributed by atoms with Gasteiger partial charge in [0.2, 0.25) is 0 Å². The fourth-order valence-corrected chi connectivity index (χ4v) is 2.91. The van der Waals surface area contributed by atoms with Crippen molar-refractivity contribution < 1.29 is 39.1 Å². The molecule has 1 saturated heterocycles. The van der Waals surface area contributed by atoms with Crippen molar-refractivity contribution in [3.05, 3.63) is 0 Å². The first-order valence-corrected chi connectivity index (χ1v) is 9.42. The Balaban J connectivity index is 2.49. The zero-order valence-electron chi connectivity index (χ0n) is 12.7. The first-order valence-electron chi connectivity index (χ1n) is 7.62. The molecule has 0 aromatic rings. The number of hydrogen-bond acceptors (Lipinski definition) is 6. The number of unbranched alkanes of at least 4 members (excludes halogenated alkanes) is 3. The Bertz CT molecular complexity index is 360. The Morgan fingerprint density at radius 2 is 1.73 bits per heavy atom. The molecule has 1 aliphatic rings. The van der Waals surface area contributed by atoms with Gasteiger partial charge < -0.3 is 34.6 Å². The molecule has 0 radical (unpaired) electrons. The van der Waals surface area contributed by atoms with Crippen molar-refractivity contribution in [2.24, 2.45) is 0 Å². The second kappa shape index (κ2) is 9.30. The summed E-state index contributed by atoms with van der Waals surface area (Å²) in [5, 5.41) is 29.5. The van der Waals surface area contributed by atoms with Crippen LogP contribution in [0, 0.1) is 0 Å². The first-order chi connectivity index (χ1) is 10.3. The number of aliphatic hydroxyl groups is 3. The third-order valence-electron chi connectivity index (χ3n) is 3.65. The van der Waals surface area contributed by atoms with Crippen LogP contribution in [0.15, 0.2) is 0 Å². The van der Waals surface area contributed by atoms with Crippen LogP contribution in [0.3, 0.4) is 0 Å². The van der Waals surface area contributed by atoms with E-state index in [-0.39, 0.29) is 6.42 Å². The molecule has 5 N–H and O–H groups in total. The van der Waals surface area contributed by atoms with Gasteiger partial charge in [-0.15, -0.1) is 0 Å². The molecule has 1 fully saturated rings. The van der Waals surface area contributed by atoms with Crippen molar-refractivity contribution in [1.29, 1.82) is 0 Å². The summed E-state index contributed by atoms with van der Waals surface area (Å²) < 4.78 is 21.6. The molecule has 0 aromatic heterocycles. The zero-order valence-corrected chi connectivity index (χ0v) is 13.6. The normalized spacial score (nSPS) is 33.1. The van der Waals surface area contributed by atoms with Crippen LogP contribution >= 0.6 is 7.60 Å². The third-order valence-corrected chi connectivity index (χ3v) is 4.49. The molecule has 1 heterocycles. The van der Waals surface area contributed by atoms with Crippen molar-refractivity contribution in [1.82, 2.24) is 0 Å². The summed E-state index contributed by atoms with van der Waals surface area (Å²) in [5.74, 6) is 0. The molecule has 0 amide bonds. The molecule has 5 unspecified atom stereocenters. The lowest BCUT2D eigenvalue weighted by atomic mass is 9.97. The van der Waals surface area contributed by atoms with Gasteiger partial charge in [-0.3, -0.25) is 4.57 Å². The van der Waals surface area contributed by atoms with Crippen LogP contribution in [-0.4, -0.2) is 68.6 Å². The number of rotatable bonds is 9. The Kier molecular flexibility index (Phi) is 8.45. The maximum atomic E-state index is 10.9. The lowest BCUT2D eigenvalue weighted by Crippen LogP contribution is -2.58. The van der Waals surface area contributed by atoms with Gasteiger partial charge >= 0.3 is 7.60 Å². The molecular formula is C13H27O8P. The molecular weight excluding hydrogens is 315 g/mol. The quantitative estimate of drug-likeness (QED) is 0.291. The molecule has 22 heavy (non-hydrogen) atoms. The van der Waals surface area contributed by atoms with Gasteiger partial charge in [0.1, 0.15) is 18.3 Å². The van der Waals surface area contributed by atoms with Crippen LogP contribution in [0.4, 0.5) is 0 Å². The van der Waals surface area contributed by atoms with Gasteiger partial charge in [0.05, 0.1) is 12.3 Å². The number of hydrogen-bond donors (Lipinski definition) is 5. The number of ether oxygens (including phenoxy) is 2. The second-order valence-corrected chi connectivity index (χ2v) is 7.40. The standard InChI is InChI=1S/C13H27O8P/c1-2-3-4-5-7-20-13-12(16)11(15)10(14)9(21-13)6-8-22(17,18)19/h9-16H,2-8H2,1H3,(H2,17,18,19). The number of aliphatic hydroxyl groups excluding tert-OH is 3. The smallest absolute Gasteiger partial charge is 0.325 e. The highest BCUT2D eigenvalue weighted by atomic mass is 31.2. The van der Waals surface area contributed by atoms with Crippen molar-refractivity contribution in [2.75, 3.05) is 12.8 Å². The average Bonchev–Trinajstić information content (AvgIpc) is 2.44. The molecule has 0 saturated carbocycles. The van der Waals surface area contributed by atoms with Crippen LogP contribution in [0.2, 0.25) is 0 Å². The fraction of sp³-hybridized carbons (Fsp3) is 1.00. The third kappa shape index (κ3) is 6.60. The van der Waals surface area contributed by atoms with E-state index in [1.165, 1.54) is 0 Å². The Morgan fingerprint density at radius 3 is 2.32 bits per heavy atom. The molecule has 0 spiro atoms. The van der Waals surface area contributed by atoms with Gasteiger partial charge in [-0.1, -0.05) is 26.2 Å². The summed E-state index contributed by atoms with van der Waals surface area (Å²) in [5.41, 5.74) is 0. The highest BCUT2D eigenvalue weighted by molar-refractivity contribution is 7.51. The Labute approximate surface area is 130 Å². The second-order valence-electron chi connectivity index (χ2n) is 5.62. The molecule has 9 heteroatoms. The lowest BCUT2D eigenvalue weighted by Gasteiger charge is -2.40. The van der Waals surface area contributed by atoms with Crippen molar-refractivity contribution in [3.63, 3.8) is 0 Å². The van der Waals surface area contributed by atoms with Crippen LogP contribution in [0.25, 0.3) is 0 Å². The Morgan fingerprint density at radius 1 is 1.05 bits per heavy atom. The zero-order chi connectivity index (χ0) is 16.8. The minimum absolute atomic E-state index is 0.134. The largest absolute Gasteiger partial charge is 0.388 e. The molecule has 0 aliphatic carbocycles. The van der Waals surface area contributed by atoms with Gasteiger partial charge in [-0.25, -0.2) is 0 Å². The van der Waals surface area contributed by atoms with Crippen LogP contribution in [0.1, 0.15) is 39.0 Å². The molecule has 0 aromatic carbocycles. The van der Waals surface area contributed by atoms with Crippen LogP contribution < -0.4 is 0 Å². The van der Waals surface area contributed by atoms with Crippen molar-refractivity contribution in [3.8, 4) is 0 Å². The molecule has 8 nitrogen and oxygen atoms in total. The summed E-state index contributed by atoms with van der Waals surface area (Å²) in [6, 6.07) is 0. The summed E-state index contributed by atoms with van der Waals surface area (Å²) in [6.07, 6.45) is -3.08. The molecule has 132 valence electrons. The average molecular weight is 342 g/mol.